The average molecular weight is 351 g/mol. The van der Waals surface area contributed by atoms with Crippen LogP contribution < -0.4 is 0 Å². The molecule has 9 heteroatoms. The minimum absolute atomic E-state index is 0.0522. The quantitative estimate of drug-likeness (QED) is 0.769. The summed E-state index contributed by atoms with van der Waals surface area (Å²) in [6.07, 6.45) is 3.83. The number of nitrogens with zero attached hydrogens (tertiary/aromatic N) is 7. The molecule has 0 unspecified atom stereocenters. The number of carboxylic acid groups (broad SMARTS) is 1. The van der Waals surface area contributed by atoms with Gasteiger partial charge in [-0.05, 0) is 18.1 Å². The van der Waals surface area contributed by atoms with E-state index in [-0.39, 0.29) is 6.04 Å². The van der Waals surface area contributed by atoms with Crippen molar-refractivity contribution in [2.75, 3.05) is 13.1 Å². The van der Waals surface area contributed by atoms with E-state index in [4.69, 9.17) is 5.11 Å². The van der Waals surface area contributed by atoms with Gasteiger partial charge in [-0.3, -0.25) is 0 Å². The zero-order chi connectivity index (χ0) is 17.9. The molecule has 9 nitrogen and oxygen atoms in total. The summed E-state index contributed by atoms with van der Waals surface area (Å²) in [5.74, 6) is 1.10. The van der Waals surface area contributed by atoms with Gasteiger partial charge < -0.3 is 10.0 Å². The summed E-state index contributed by atoms with van der Waals surface area (Å²) in [6, 6.07) is 9.78. The maximum Gasteiger partial charge on any atom is 0.407 e. The topological polar surface area (TPSA) is 110 Å². The summed E-state index contributed by atoms with van der Waals surface area (Å²) >= 11 is 0. The van der Waals surface area contributed by atoms with Crippen molar-refractivity contribution < 1.29 is 9.90 Å². The Morgan fingerprint density at radius 1 is 1.00 bits per heavy atom. The van der Waals surface area contributed by atoms with Crippen molar-refractivity contribution in [1.82, 2.24) is 35.1 Å². The molecule has 0 atom stereocenters. The van der Waals surface area contributed by atoms with E-state index in [9.17, 15) is 4.79 Å². The SMILES string of the molecule is O=C(O)N1CCC(n2nnc(-c3cnc(-c4ccccc4)nc3)n2)CC1. The lowest BCUT2D eigenvalue weighted by atomic mass is 10.1. The second-order valence-corrected chi connectivity index (χ2v) is 6.10. The van der Waals surface area contributed by atoms with E-state index in [1.54, 1.807) is 17.2 Å². The van der Waals surface area contributed by atoms with Crippen LogP contribution in [0.1, 0.15) is 18.9 Å². The molecule has 1 fully saturated rings. The normalized spacial score (nSPS) is 15.2. The molecule has 1 aromatic carbocycles. The Labute approximate surface area is 149 Å². The first kappa shape index (κ1) is 16.1. The molecule has 1 N–H and O–H groups in total. The Balaban J connectivity index is 1.47. The standard InChI is InChI=1S/C17H17N7O2/c25-17(26)23-8-6-14(7-9-23)24-21-16(20-22-24)13-10-18-15(19-11-13)12-4-2-1-3-5-12/h1-5,10-11,14H,6-9H2,(H,25,26). The van der Waals surface area contributed by atoms with Gasteiger partial charge in [0.1, 0.15) is 0 Å². The highest BCUT2D eigenvalue weighted by Gasteiger charge is 2.25. The summed E-state index contributed by atoms with van der Waals surface area (Å²) in [5.41, 5.74) is 1.64. The molecule has 0 bridgehead atoms. The molecular formula is C17H17N7O2. The fourth-order valence-corrected chi connectivity index (χ4v) is 2.96. The predicted molar refractivity (Wildman–Crippen MR) is 92.1 cm³/mol. The molecule has 0 radical (unpaired) electrons. The van der Waals surface area contributed by atoms with Gasteiger partial charge in [0.15, 0.2) is 5.82 Å². The van der Waals surface area contributed by atoms with Crippen molar-refractivity contribution in [3.8, 4) is 22.8 Å². The molecule has 0 aliphatic carbocycles. The van der Waals surface area contributed by atoms with E-state index < -0.39 is 6.09 Å². The van der Waals surface area contributed by atoms with E-state index in [0.717, 1.165) is 5.56 Å². The summed E-state index contributed by atoms with van der Waals surface area (Å²) in [6.45, 7) is 0.956. The van der Waals surface area contributed by atoms with Gasteiger partial charge >= 0.3 is 6.09 Å². The molecular weight excluding hydrogens is 334 g/mol. The maximum atomic E-state index is 11.0. The number of hydrogen-bond donors (Lipinski definition) is 1. The fourth-order valence-electron chi connectivity index (χ4n) is 2.96. The van der Waals surface area contributed by atoms with Crippen LogP contribution >= 0.6 is 0 Å². The molecule has 4 rings (SSSR count). The van der Waals surface area contributed by atoms with E-state index in [1.165, 1.54) is 4.90 Å². The monoisotopic (exact) mass is 351 g/mol. The number of benzene rings is 1. The zero-order valence-electron chi connectivity index (χ0n) is 13.9. The molecule has 26 heavy (non-hydrogen) atoms. The second kappa shape index (κ2) is 6.87. The average Bonchev–Trinajstić information content (AvgIpc) is 3.19. The van der Waals surface area contributed by atoms with Crippen molar-refractivity contribution in [2.45, 2.75) is 18.9 Å². The third-order valence-electron chi connectivity index (χ3n) is 4.43. The van der Waals surface area contributed by atoms with Crippen LogP contribution in [0.25, 0.3) is 22.8 Å². The number of piperidine rings is 1. The van der Waals surface area contributed by atoms with Crippen LogP contribution in [0.4, 0.5) is 4.79 Å². The number of hydrogen-bond acceptors (Lipinski definition) is 6. The van der Waals surface area contributed by atoms with Gasteiger partial charge in [0.05, 0.1) is 11.6 Å². The van der Waals surface area contributed by atoms with Gasteiger partial charge in [0.2, 0.25) is 5.82 Å². The van der Waals surface area contributed by atoms with Crippen LogP contribution in [0.3, 0.4) is 0 Å². The number of tetrazole rings is 1. The Bertz CT molecular complexity index is 887. The van der Waals surface area contributed by atoms with Gasteiger partial charge in [0, 0.05) is 31.0 Å². The number of amides is 1. The third-order valence-corrected chi connectivity index (χ3v) is 4.43. The lowest BCUT2D eigenvalue weighted by molar-refractivity contribution is 0.121. The summed E-state index contributed by atoms with van der Waals surface area (Å²) < 4.78 is 0. The van der Waals surface area contributed by atoms with Crippen LogP contribution in [0.15, 0.2) is 42.7 Å². The van der Waals surface area contributed by atoms with Crippen LogP contribution in [0.5, 0.6) is 0 Å². The Hall–Kier alpha value is -3.36. The number of likely N-dealkylation sites (tertiary alicyclic amines) is 1. The highest BCUT2D eigenvalue weighted by atomic mass is 16.4. The first-order valence-corrected chi connectivity index (χ1v) is 8.36. The summed E-state index contributed by atoms with van der Waals surface area (Å²) in [5, 5.41) is 21.7. The number of carbonyl (C=O) groups is 1. The lowest BCUT2D eigenvalue weighted by Gasteiger charge is -2.28. The molecule has 0 saturated carbocycles. The molecule has 0 spiro atoms. The second-order valence-electron chi connectivity index (χ2n) is 6.10. The smallest absolute Gasteiger partial charge is 0.407 e. The summed E-state index contributed by atoms with van der Waals surface area (Å²) in [7, 11) is 0. The molecule has 3 aromatic rings. The van der Waals surface area contributed by atoms with Crippen molar-refractivity contribution in [3.05, 3.63) is 42.7 Å². The van der Waals surface area contributed by atoms with Crippen molar-refractivity contribution in [3.63, 3.8) is 0 Å². The van der Waals surface area contributed by atoms with Crippen LogP contribution in [0, 0.1) is 0 Å². The number of rotatable bonds is 3. The highest BCUT2D eigenvalue weighted by molar-refractivity contribution is 5.65. The van der Waals surface area contributed by atoms with E-state index >= 15 is 0 Å². The Kier molecular flexibility index (Phi) is 4.26. The molecule has 1 aliphatic rings. The molecule has 3 heterocycles. The van der Waals surface area contributed by atoms with Crippen molar-refractivity contribution in [1.29, 1.82) is 0 Å². The first-order chi connectivity index (χ1) is 12.7. The van der Waals surface area contributed by atoms with Gasteiger partial charge in [0.25, 0.3) is 0 Å². The van der Waals surface area contributed by atoms with Crippen molar-refractivity contribution in [2.24, 2.45) is 0 Å². The molecule has 1 saturated heterocycles. The van der Waals surface area contributed by atoms with Crippen LogP contribution in [-0.2, 0) is 0 Å². The largest absolute Gasteiger partial charge is 0.465 e. The molecule has 132 valence electrons. The Morgan fingerprint density at radius 3 is 2.35 bits per heavy atom. The van der Waals surface area contributed by atoms with Gasteiger partial charge in [-0.25, -0.2) is 14.8 Å². The van der Waals surface area contributed by atoms with E-state index in [1.807, 2.05) is 30.3 Å². The fraction of sp³-hybridized carbons (Fsp3) is 0.294. The Morgan fingerprint density at radius 2 is 1.69 bits per heavy atom. The predicted octanol–water partition coefficient (Wildman–Crippen LogP) is 2.11. The van der Waals surface area contributed by atoms with Crippen LogP contribution in [0.2, 0.25) is 0 Å². The molecule has 1 amide bonds. The first-order valence-electron chi connectivity index (χ1n) is 8.36. The van der Waals surface area contributed by atoms with Gasteiger partial charge in [-0.2, -0.15) is 4.80 Å². The molecule has 2 aromatic heterocycles. The van der Waals surface area contributed by atoms with Gasteiger partial charge in [-0.1, -0.05) is 30.3 Å². The lowest BCUT2D eigenvalue weighted by Crippen LogP contribution is -2.38. The third kappa shape index (κ3) is 3.23. The van der Waals surface area contributed by atoms with Crippen molar-refractivity contribution >= 4 is 6.09 Å². The molecule has 1 aliphatic heterocycles. The summed E-state index contributed by atoms with van der Waals surface area (Å²) in [4.78, 5) is 22.7. The van der Waals surface area contributed by atoms with Crippen LogP contribution in [-0.4, -0.2) is 59.4 Å². The van der Waals surface area contributed by atoms with Gasteiger partial charge in [-0.15, -0.1) is 10.2 Å². The minimum atomic E-state index is -0.883. The maximum absolute atomic E-state index is 11.0. The minimum Gasteiger partial charge on any atom is -0.465 e. The highest BCUT2D eigenvalue weighted by Crippen LogP contribution is 2.22. The van der Waals surface area contributed by atoms with E-state index in [2.05, 4.69) is 25.4 Å². The zero-order valence-corrected chi connectivity index (χ0v) is 13.9. The number of aromatic nitrogens is 6. The van der Waals surface area contributed by atoms with E-state index in [0.29, 0.717) is 43.1 Å².